The lowest BCUT2D eigenvalue weighted by molar-refractivity contribution is 0.242. The van der Waals surface area contributed by atoms with E-state index in [4.69, 9.17) is 4.74 Å². The minimum Gasteiger partial charge on any atom is -0.491 e. The van der Waals surface area contributed by atoms with Gasteiger partial charge in [0.1, 0.15) is 5.75 Å². The highest BCUT2D eigenvalue weighted by molar-refractivity contribution is 7.16. The normalized spacial score (nSPS) is 12.7. The van der Waals surface area contributed by atoms with Gasteiger partial charge in [0.25, 0.3) is 0 Å². The Morgan fingerprint density at radius 1 is 1.09 bits per heavy atom. The maximum atomic E-state index is 5.78. The van der Waals surface area contributed by atoms with Crippen LogP contribution in [0.15, 0.2) is 48.0 Å². The van der Waals surface area contributed by atoms with Crippen LogP contribution in [0.3, 0.4) is 0 Å². The van der Waals surface area contributed by atoms with E-state index in [9.17, 15) is 0 Å². The van der Waals surface area contributed by atoms with Crippen molar-refractivity contribution in [1.82, 2.24) is 4.98 Å². The molecule has 114 valence electrons. The highest BCUT2D eigenvalue weighted by atomic mass is 32.1. The molecule has 0 bridgehead atoms. The Labute approximate surface area is 135 Å². The summed E-state index contributed by atoms with van der Waals surface area (Å²) in [6.45, 7) is 6.39. The van der Waals surface area contributed by atoms with E-state index in [1.807, 2.05) is 11.6 Å². The van der Waals surface area contributed by atoms with Gasteiger partial charge in [-0.3, -0.25) is 0 Å². The molecule has 2 aromatic carbocycles. The summed E-state index contributed by atoms with van der Waals surface area (Å²) >= 11 is 1.70. The molecule has 0 fully saturated rings. The number of aromatic nitrogens is 1. The first-order valence-electron chi connectivity index (χ1n) is 7.70. The van der Waals surface area contributed by atoms with E-state index in [0.717, 1.165) is 17.7 Å². The zero-order valence-electron chi connectivity index (χ0n) is 13.2. The zero-order valence-corrected chi connectivity index (χ0v) is 14.1. The molecule has 0 aliphatic heterocycles. The van der Waals surface area contributed by atoms with Crippen molar-refractivity contribution in [3.8, 4) is 5.75 Å². The fraction of sp³-hybridized carbons (Fsp3) is 0.316. The number of ether oxygens (including phenoxy) is 1. The van der Waals surface area contributed by atoms with E-state index in [1.54, 1.807) is 11.3 Å². The molecule has 1 heterocycles. The Balaban J connectivity index is 1.76. The Morgan fingerprint density at radius 2 is 1.95 bits per heavy atom. The third kappa shape index (κ3) is 3.47. The van der Waals surface area contributed by atoms with E-state index in [1.165, 1.54) is 15.8 Å². The van der Waals surface area contributed by atoms with Gasteiger partial charge in [0.2, 0.25) is 0 Å². The van der Waals surface area contributed by atoms with Gasteiger partial charge in [-0.15, -0.1) is 11.3 Å². The van der Waals surface area contributed by atoms with Gasteiger partial charge in [0.15, 0.2) is 0 Å². The molecule has 1 unspecified atom stereocenters. The van der Waals surface area contributed by atoms with Gasteiger partial charge in [0, 0.05) is 0 Å². The highest BCUT2D eigenvalue weighted by Crippen LogP contribution is 2.27. The van der Waals surface area contributed by atoms with Crippen LogP contribution >= 0.6 is 11.3 Å². The van der Waals surface area contributed by atoms with E-state index < -0.39 is 0 Å². The smallest absolute Gasteiger partial charge is 0.119 e. The largest absolute Gasteiger partial charge is 0.491 e. The second-order valence-corrected chi connectivity index (χ2v) is 6.89. The first-order valence-corrected chi connectivity index (χ1v) is 8.58. The number of hydrogen-bond donors (Lipinski definition) is 0. The molecule has 1 atom stereocenters. The van der Waals surface area contributed by atoms with Crippen molar-refractivity contribution in [2.75, 3.05) is 0 Å². The van der Waals surface area contributed by atoms with Gasteiger partial charge in [0.05, 0.1) is 21.8 Å². The van der Waals surface area contributed by atoms with Crippen LogP contribution < -0.4 is 4.74 Å². The van der Waals surface area contributed by atoms with E-state index >= 15 is 0 Å². The molecule has 22 heavy (non-hydrogen) atoms. The molecular formula is C19H21NOS. The van der Waals surface area contributed by atoms with Gasteiger partial charge in [-0.2, -0.15) is 0 Å². The number of fused-ring (bicyclic) bond motifs is 1. The molecule has 0 saturated carbocycles. The van der Waals surface area contributed by atoms with Crippen molar-refractivity contribution in [2.24, 2.45) is 0 Å². The Kier molecular flexibility index (Phi) is 4.44. The van der Waals surface area contributed by atoms with Crippen molar-refractivity contribution in [2.45, 2.75) is 39.2 Å². The Hall–Kier alpha value is -1.87. The molecule has 0 aliphatic carbocycles. The maximum absolute atomic E-state index is 5.78. The number of thiazole rings is 1. The molecule has 0 spiro atoms. The van der Waals surface area contributed by atoms with Crippen molar-refractivity contribution in [3.05, 3.63) is 59.1 Å². The third-order valence-corrected chi connectivity index (χ3v) is 4.53. The summed E-state index contributed by atoms with van der Waals surface area (Å²) in [6, 6.07) is 15.0. The fourth-order valence-corrected chi connectivity index (χ4v) is 3.39. The lowest BCUT2D eigenvalue weighted by Crippen LogP contribution is -2.06. The van der Waals surface area contributed by atoms with Crippen LogP contribution in [0.25, 0.3) is 10.2 Å². The first-order chi connectivity index (χ1) is 10.6. The first kappa shape index (κ1) is 15.0. The standard InChI is InChI=1S/C19H21NOS/c1-13(2)21-17-6-4-5-15(10-17)9-14(3)16-7-8-18-19(11-16)22-12-20-18/h4-8,10-14H,9H2,1-3H3. The highest BCUT2D eigenvalue weighted by Gasteiger charge is 2.09. The summed E-state index contributed by atoms with van der Waals surface area (Å²) < 4.78 is 7.05. The minimum absolute atomic E-state index is 0.210. The van der Waals surface area contributed by atoms with E-state index in [0.29, 0.717) is 5.92 Å². The number of rotatable bonds is 5. The molecule has 0 saturated heterocycles. The van der Waals surface area contributed by atoms with Crippen LogP contribution in [0.1, 0.15) is 37.8 Å². The lowest BCUT2D eigenvalue weighted by Gasteiger charge is -2.14. The number of hydrogen-bond acceptors (Lipinski definition) is 3. The van der Waals surface area contributed by atoms with Crippen LogP contribution in [-0.2, 0) is 6.42 Å². The quantitative estimate of drug-likeness (QED) is 0.627. The number of nitrogens with zero attached hydrogens (tertiary/aromatic N) is 1. The van der Waals surface area contributed by atoms with Crippen LogP contribution in [0, 0.1) is 0 Å². The molecule has 3 rings (SSSR count). The molecule has 3 heteroatoms. The van der Waals surface area contributed by atoms with Crippen LogP contribution in [-0.4, -0.2) is 11.1 Å². The average Bonchev–Trinajstić information content (AvgIpc) is 2.94. The molecule has 0 aliphatic rings. The minimum atomic E-state index is 0.210. The molecule has 0 N–H and O–H groups in total. The van der Waals surface area contributed by atoms with Gasteiger partial charge >= 0.3 is 0 Å². The molecule has 1 aromatic heterocycles. The molecule has 2 nitrogen and oxygen atoms in total. The second-order valence-electron chi connectivity index (χ2n) is 6.00. The van der Waals surface area contributed by atoms with Crippen LogP contribution in [0.2, 0.25) is 0 Å². The van der Waals surface area contributed by atoms with E-state index in [2.05, 4.69) is 62.2 Å². The summed E-state index contributed by atoms with van der Waals surface area (Å²) in [5.41, 5.74) is 5.68. The monoisotopic (exact) mass is 311 g/mol. The van der Waals surface area contributed by atoms with E-state index in [-0.39, 0.29) is 6.10 Å². The van der Waals surface area contributed by atoms with Gasteiger partial charge in [-0.1, -0.05) is 25.1 Å². The number of benzene rings is 2. The summed E-state index contributed by atoms with van der Waals surface area (Å²) in [5, 5.41) is 0. The summed E-state index contributed by atoms with van der Waals surface area (Å²) in [4.78, 5) is 4.34. The second kappa shape index (κ2) is 6.49. The molecular weight excluding hydrogens is 290 g/mol. The summed E-state index contributed by atoms with van der Waals surface area (Å²) in [7, 11) is 0. The van der Waals surface area contributed by atoms with Crippen molar-refractivity contribution < 1.29 is 4.74 Å². The Bertz CT molecular complexity index is 763. The van der Waals surface area contributed by atoms with Gasteiger partial charge in [-0.25, -0.2) is 4.98 Å². The van der Waals surface area contributed by atoms with Gasteiger partial charge < -0.3 is 4.74 Å². The molecule has 0 radical (unpaired) electrons. The lowest BCUT2D eigenvalue weighted by atomic mass is 9.93. The Morgan fingerprint density at radius 3 is 2.77 bits per heavy atom. The third-order valence-electron chi connectivity index (χ3n) is 3.74. The predicted octanol–water partition coefficient (Wildman–Crippen LogP) is 5.43. The van der Waals surface area contributed by atoms with Crippen molar-refractivity contribution in [3.63, 3.8) is 0 Å². The molecule has 0 amide bonds. The molecule has 3 aromatic rings. The summed E-state index contributed by atoms with van der Waals surface area (Å²) in [5.74, 6) is 1.43. The van der Waals surface area contributed by atoms with Crippen LogP contribution in [0.4, 0.5) is 0 Å². The SMILES string of the molecule is CC(C)Oc1cccc(CC(C)c2ccc3ncsc3c2)c1. The summed E-state index contributed by atoms with van der Waals surface area (Å²) in [6.07, 6.45) is 1.22. The van der Waals surface area contributed by atoms with Gasteiger partial charge in [-0.05, 0) is 61.6 Å². The maximum Gasteiger partial charge on any atom is 0.119 e. The van der Waals surface area contributed by atoms with Crippen LogP contribution in [0.5, 0.6) is 5.75 Å². The topological polar surface area (TPSA) is 22.1 Å². The van der Waals surface area contributed by atoms with Crippen molar-refractivity contribution >= 4 is 21.6 Å². The van der Waals surface area contributed by atoms with Crippen molar-refractivity contribution in [1.29, 1.82) is 0 Å². The fourth-order valence-electron chi connectivity index (χ4n) is 2.67. The predicted molar refractivity (Wildman–Crippen MR) is 93.9 cm³/mol. The zero-order chi connectivity index (χ0) is 15.5. The average molecular weight is 311 g/mol.